The summed E-state index contributed by atoms with van der Waals surface area (Å²) in [5.41, 5.74) is 7.55. The lowest BCUT2D eigenvalue weighted by atomic mass is 9.74. The summed E-state index contributed by atoms with van der Waals surface area (Å²) in [6.07, 6.45) is 0.155. The third kappa shape index (κ3) is 5.67. The van der Waals surface area contributed by atoms with Crippen LogP contribution in [0.15, 0.2) is 30.9 Å². The first-order valence-corrected chi connectivity index (χ1v) is 15.3. The molecule has 45 heavy (non-hydrogen) atoms. The van der Waals surface area contributed by atoms with E-state index in [9.17, 15) is 30.6 Å². The normalized spacial score (nSPS) is 26.4. The Morgan fingerprint density at radius 3 is 2.51 bits per heavy atom. The van der Waals surface area contributed by atoms with Crippen molar-refractivity contribution in [2.24, 2.45) is 5.92 Å². The number of hydrogen-bond acceptors (Lipinski definition) is 13. The first-order chi connectivity index (χ1) is 21.6. The highest BCUT2D eigenvalue weighted by atomic mass is 16.6. The van der Waals surface area contributed by atoms with E-state index in [1.807, 2.05) is 0 Å². The van der Waals surface area contributed by atoms with Gasteiger partial charge in [-0.25, -0.2) is 19.9 Å². The second-order valence-corrected chi connectivity index (χ2v) is 12.7. The molecule has 4 aromatic rings. The van der Waals surface area contributed by atoms with E-state index in [1.54, 1.807) is 22.8 Å². The molecule has 1 saturated carbocycles. The number of aliphatic hydroxyl groups excluding tert-OH is 6. The van der Waals surface area contributed by atoms with Crippen molar-refractivity contribution in [1.29, 1.82) is 0 Å². The van der Waals surface area contributed by atoms with E-state index < -0.39 is 55.9 Å². The van der Waals surface area contributed by atoms with Crippen molar-refractivity contribution >= 4 is 28.0 Å². The summed E-state index contributed by atoms with van der Waals surface area (Å²) >= 11 is 0. The van der Waals surface area contributed by atoms with Crippen LogP contribution < -0.4 is 5.73 Å². The van der Waals surface area contributed by atoms with Crippen molar-refractivity contribution < 1.29 is 35.4 Å². The van der Waals surface area contributed by atoms with E-state index in [0.717, 1.165) is 12.8 Å². The zero-order valence-corrected chi connectivity index (χ0v) is 25.3. The Kier molecular flexibility index (Phi) is 8.80. The first kappa shape index (κ1) is 31.7. The number of nitrogens with one attached hydrogen (secondary N) is 1. The van der Waals surface area contributed by atoms with Gasteiger partial charge in [-0.2, -0.15) is 0 Å². The topological polar surface area (TPSA) is 232 Å². The van der Waals surface area contributed by atoms with Crippen LogP contribution in [0, 0.1) is 5.92 Å². The molecule has 3 aromatic heterocycles. The van der Waals surface area contributed by atoms with Crippen LogP contribution in [0.2, 0.25) is 0 Å². The molecule has 5 atom stereocenters. The molecule has 1 unspecified atom stereocenters. The van der Waals surface area contributed by atoms with Crippen LogP contribution in [-0.2, 0) is 16.6 Å². The largest absolute Gasteiger partial charge is 0.395 e. The summed E-state index contributed by atoms with van der Waals surface area (Å²) in [6, 6.07) is 5.57. The van der Waals surface area contributed by atoms with E-state index in [-0.39, 0.29) is 23.8 Å². The van der Waals surface area contributed by atoms with Gasteiger partial charge in [0.25, 0.3) is 0 Å². The maximum Gasteiger partial charge on any atom is 0.167 e. The standard InChI is InChI=1S/C30H42N8O7/c1-15(2)37(9-22-25(43)26(44)29(45-22)38-14-34-24-27(31)32-13-33-28(24)38)18-5-16(6-18)21(42)8-23-35-19-4-3-17(7-20(19)36-23)30(10-39,11-40)12-41/h3-4,7,13-16,18,21-22,25-26,29,39-44H,5-6,8-12H2,1-2H3,(H,35,36)(H2,31,32,33)/t16?,18?,21?,22-,25-,26-,29-/m1/s1. The molecule has 15 heteroatoms. The first-order valence-electron chi connectivity index (χ1n) is 15.3. The van der Waals surface area contributed by atoms with Crippen LogP contribution in [0.3, 0.4) is 0 Å². The number of ether oxygens (including phenoxy) is 1. The Bertz CT molecular complexity index is 1610. The van der Waals surface area contributed by atoms with E-state index in [0.29, 0.717) is 46.6 Å². The van der Waals surface area contributed by atoms with Gasteiger partial charge in [0.2, 0.25) is 0 Å². The lowest BCUT2D eigenvalue weighted by Gasteiger charge is -2.47. The van der Waals surface area contributed by atoms with Crippen molar-refractivity contribution in [1.82, 2.24) is 34.4 Å². The minimum atomic E-state index is -1.19. The lowest BCUT2D eigenvalue weighted by Crippen LogP contribution is -2.54. The highest BCUT2D eigenvalue weighted by Gasteiger charge is 2.47. The number of nitrogens with two attached hydrogens (primary N) is 1. The Balaban J connectivity index is 1.08. The van der Waals surface area contributed by atoms with E-state index >= 15 is 0 Å². The van der Waals surface area contributed by atoms with Crippen LogP contribution in [0.5, 0.6) is 0 Å². The summed E-state index contributed by atoms with van der Waals surface area (Å²) in [5, 5.41) is 62.3. The Morgan fingerprint density at radius 2 is 1.82 bits per heavy atom. The van der Waals surface area contributed by atoms with Gasteiger partial charge >= 0.3 is 0 Å². The molecular formula is C30H42N8O7. The third-order valence-corrected chi connectivity index (χ3v) is 9.67. The van der Waals surface area contributed by atoms with Crippen molar-refractivity contribution in [2.45, 2.75) is 81.3 Å². The molecule has 1 saturated heterocycles. The monoisotopic (exact) mass is 626 g/mol. The van der Waals surface area contributed by atoms with Crippen molar-refractivity contribution in [3.05, 3.63) is 42.2 Å². The number of rotatable bonds is 12. The maximum absolute atomic E-state index is 11.1. The van der Waals surface area contributed by atoms with Crippen LogP contribution in [-0.4, -0.2) is 128 Å². The molecule has 4 heterocycles. The number of nitrogens with zero attached hydrogens (tertiary/aromatic N) is 6. The summed E-state index contributed by atoms with van der Waals surface area (Å²) in [5.74, 6) is 0.903. The molecule has 6 rings (SSSR count). The number of H-pyrrole nitrogens is 1. The number of anilines is 1. The van der Waals surface area contributed by atoms with Gasteiger partial charge in [-0.1, -0.05) is 6.07 Å². The number of imidazole rings is 2. The Morgan fingerprint density at radius 1 is 1.09 bits per heavy atom. The van der Waals surface area contributed by atoms with Crippen LogP contribution in [0.25, 0.3) is 22.2 Å². The molecule has 9 N–H and O–H groups in total. The Hall–Kier alpha value is -3.28. The Labute approximate surface area is 259 Å². The predicted octanol–water partition coefficient (Wildman–Crippen LogP) is -0.789. The number of benzene rings is 1. The number of nitrogen functional groups attached to an aromatic ring is 1. The second kappa shape index (κ2) is 12.5. The molecule has 2 fully saturated rings. The lowest BCUT2D eigenvalue weighted by molar-refractivity contribution is -0.0713. The fraction of sp³-hybridized carbons (Fsp3) is 0.600. The minimum absolute atomic E-state index is 0.0565. The predicted molar refractivity (Wildman–Crippen MR) is 163 cm³/mol. The average molecular weight is 627 g/mol. The number of hydrogen-bond donors (Lipinski definition) is 8. The third-order valence-electron chi connectivity index (χ3n) is 9.67. The quantitative estimate of drug-likeness (QED) is 0.0965. The molecule has 0 spiro atoms. The van der Waals surface area contributed by atoms with Gasteiger partial charge in [-0.05, 0) is 50.3 Å². The molecule has 15 nitrogen and oxygen atoms in total. The molecule has 244 valence electrons. The summed E-state index contributed by atoms with van der Waals surface area (Å²) < 4.78 is 7.75. The van der Waals surface area contributed by atoms with Crippen molar-refractivity contribution in [3.63, 3.8) is 0 Å². The molecule has 1 aromatic carbocycles. The zero-order valence-electron chi connectivity index (χ0n) is 25.3. The van der Waals surface area contributed by atoms with Gasteiger partial charge in [0, 0.05) is 25.0 Å². The van der Waals surface area contributed by atoms with Gasteiger partial charge in [-0.15, -0.1) is 0 Å². The molecule has 2 aliphatic rings. The average Bonchev–Trinajstić information content (AvgIpc) is 3.69. The molecule has 1 aliphatic carbocycles. The van der Waals surface area contributed by atoms with Crippen molar-refractivity contribution in [3.8, 4) is 0 Å². The smallest absolute Gasteiger partial charge is 0.167 e. The molecule has 1 aliphatic heterocycles. The molecule has 0 bridgehead atoms. The fourth-order valence-corrected chi connectivity index (χ4v) is 6.65. The highest BCUT2D eigenvalue weighted by molar-refractivity contribution is 5.81. The van der Waals surface area contributed by atoms with E-state index in [4.69, 9.17) is 10.5 Å². The van der Waals surface area contributed by atoms with Gasteiger partial charge in [0.05, 0.1) is 48.7 Å². The molecule has 0 radical (unpaired) electrons. The fourth-order valence-electron chi connectivity index (χ4n) is 6.65. The summed E-state index contributed by atoms with van der Waals surface area (Å²) in [6.45, 7) is 3.34. The number of aromatic nitrogens is 6. The SMILES string of the molecule is CC(C)N(C[C@H]1O[C@@H](n2cnc3c(N)ncnc32)[C@H](O)[C@@H]1O)C1CC(C(O)Cc2nc3ccc(C(CO)(CO)CO)cc3[nH]2)C1. The molecule has 0 amide bonds. The number of aliphatic hydroxyl groups is 6. The van der Waals surface area contributed by atoms with Gasteiger partial charge in [0.15, 0.2) is 17.7 Å². The zero-order chi connectivity index (χ0) is 32.0. The maximum atomic E-state index is 11.1. The van der Waals surface area contributed by atoms with Crippen molar-refractivity contribution in [2.75, 3.05) is 32.1 Å². The summed E-state index contributed by atoms with van der Waals surface area (Å²) in [7, 11) is 0. The van der Waals surface area contributed by atoms with E-state index in [2.05, 4.69) is 43.7 Å². The van der Waals surface area contributed by atoms with Crippen LogP contribution >= 0.6 is 0 Å². The number of fused-ring (bicyclic) bond motifs is 2. The van der Waals surface area contributed by atoms with Crippen LogP contribution in [0.4, 0.5) is 5.82 Å². The van der Waals surface area contributed by atoms with Gasteiger partial charge < -0.3 is 46.1 Å². The molecular weight excluding hydrogens is 584 g/mol. The highest BCUT2D eigenvalue weighted by Crippen LogP contribution is 2.39. The summed E-state index contributed by atoms with van der Waals surface area (Å²) in [4.78, 5) is 22.5. The number of aromatic amines is 1. The van der Waals surface area contributed by atoms with Gasteiger partial charge in [0.1, 0.15) is 36.0 Å². The minimum Gasteiger partial charge on any atom is -0.395 e. The van der Waals surface area contributed by atoms with E-state index in [1.165, 1.54) is 12.7 Å². The van der Waals surface area contributed by atoms with Crippen LogP contribution in [0.1, 0.15) is 44.3 Å². The van der Waals surface area contributed by atoms with Gasteiger partial charge in [-0.3, -0.25) is 9.47 Å². The second-order valence-electron chi connectivity index (χ2n) is 12.7.